The van der Waals surface area contributed by atoms with E-state index in [0.717, 1.165) is 37.2 Å². The van der Waals surface area contributed by atoms with Gasteiger partial charge in [-0.05, 0) is 45.1 Å². The minimum Gasteiger partial charge on any atom is -0.481 e. The Bertz CT molecular complexity index is 288. The number of carbonyl (C=O) groups is 2. The maximum absolute atomic E-state index is 10.9. The SMILES string of the molecule is CSCC1(C(=O)O)CC1.CSCC1(C(C)=O)CC1. The number of carboxylic acids is 1. The monoisotopic (exact) mass is 290 g/mol. The van der Waals surface area contributed by atoms with Gasteiger partial charge in [0.25, 0.3) is 0 Å². The number of Topliss-reactive ketones (excluding diaryl/α,β-unsaturated/α-hetero) is 1. The topological polar surface area (TPSA) is 54.4 Å². The first-order valence-corrected chi connectivity index (χ1v) is 8.93. The number of carboxylic acid groups (broad SMARTS) is 1. The molecular weight excluding hydrogens is 268 g/mol. The van der Waals surface area contributed by atoms with Crippen LogP contribution in [-0.4, -0.2) is 40.9 Å². The molecule has 0 bridgehead atoms. The third kappa shape index (κ3) is 3.92. The molecule has 2 aliphatic carbocycles. The molecule has 104 valence electrons. The molecule has 0 amide bonds. The quantitative estimate of drug-likeness (QED) is 0.815. The maximum atomic E-state index is 10.9. The first kappa shape index (κ1) is 15.9. The number of hydrogen-bond acceptors (Lipinski definition) is 4. The highest BCUT2D eigenvalue weighted by atomic mass is 32.2. The Morgan fingerprint density at radius 2 is 1.39 bits per heavy atom. The van der Waals surface area contributed by atoms with E-state index < -0.39 is 5.97 Å². The van der Waals surface area contributed by atoms with E-state index >= 15 is 0 Å². The Morgan fingerprint density at radius 1 is 1.00 bits per heavy atom. The summed E-state index contributed by atoms with van der Waals surface area (Å²) in [5, 5.41) is 8.62. The lowest BCUT2D eigenvalue weighted by molar-refractivity contribution is -0.142. The molecule has 0 saturated heterocycles. The van der Waals surface area contributed by atoms with Gasteiger partial charge in [-0.2, -0.15) is 23.5 Å². The second-order valence-corrected chi connectivity index (χ2v) is 7.02. The summed E-state index contributed by atoms with van der Waals surface area (Å²) >= 11 is 3.40. The van der Waals surface area contributed by atoms with Gasteiger partial charge >= 0.3 is 5.97 Å². The second-order valence-electron chi connectivity index (χ2n) is 5.29. The van der Waals surface area contributed by atoms with Crippen molar-refractivity contribution in [1.82, 2.24) is 0 Å². The van der Waals surface area contributed by atoms with Crippen LogP contribution < -0.4 is 0 Å². The largest absolute Gasteiger partial charge is 0.481 e. The molecule has 0 aromatic heterocycles. The highest BCUT2D eigenvalue weighted by Crippen LogP contribution is 2.48. The zero-order valence-electron chi connectivity index (χ0n) is 11.3. The maximum Gasteiger partial charge on any atom is 0.310 e. The van der Waals surface area contributed by atoms with Crippen LogP contribution in [0.1, 0.15) is 32.6 Å². The van der Waals surface area contributed by atoms with Crippen LogP contribution in [0, 0.1) is 10.8 Å². The molecule has 1 N–H and O–H groups in total. The molecule has 0 aromatic rings. The normalized spacial score (nSPS) is 21.5. The van der Waals surface area contributed by atoms with Gasteiger partial charge in [0.15, 0.2) is 0 Å². The van der Waals surface area contributed by atoms with Crippen molar-refractivity contribution >= 4 is 35.3 Å². The molecule has 0 spiro atoms. The van der Waals surface area contributed by atoms with Crippen LogP contribution in [0.4, 0.5) is 0 Å². The van der Waals surface area contributed by atoms with E-state index in [1.165, 1.54) is 0 Å². The molecule has 18 heavy (non-hydrogen) atoms. The van der Waals surface area contributed by atoms with Gasteiger partial charge in [0.05, 0.1) is 5.41 Å². The van der Waals surface area contributed by atoms with Gasteiger partial charge in [0.1, 0.15) is 5.78 Å². The Morgan fingerprint density at radius 3 is 1.50 bits per heavy atom. The van der Waals surface area contributed by atoms with Crippen LogP contribution in [0.2, 0.25) is 0 Å². The summed E-state index contributed by atoms with van der Waals surface area (Å²) < 4.78 is 0. The Labute approximate surface area is 117 Å². The number of hydrogen-bond donors (Lipinski definition) is 1. The summed E-state index contributed by atoms with van der Waals surface area (Å²) in [6, 6.07) is 0. The van der Waals surface area contributed by atoms with Gasteiger partial charge in [0.2, 0.25) is 0 Å². The minimum absolute atomic E-state index is 0.124. The lowest BCUT2D eigenvalue weighted by Crippen LogP contribution is -2.16. The predicted octanol–water partition coefficient (Wildman–Crippen LogP) is 2.93. The fraction of sp³-hybridized carbons (Fsp3) is 0.846. The predicted molar refractivity (Wildman–Crippen MR) is 78.4 cm³/mol. The Balaban J connectivity index is 0.000000180. The third-order valence-corrected chi connectivity index (χ3v) is 5.43. The van der Waals surface area contributed by atoms with Crippen LogP contribution in [-0.2, 0) is 9.59 Å². The van der Waals surface area contributed by atoms with Crippen LogP contribution in [0.25, 0.3) is 0 Å². The number of aliphatic carboxylic acids is 1. The minimum atomic E-state index is -0.614. The van der Waals surface area contributed by atoms with Gasteiger partial charge < -0.3 is 5.11 Å². The van der Waals surface area contributed by atoms with Gasteiger partial charge in [-0.15, -0.1) is 0 Å². The summed E-state index contributed by atoms with van der Waals surface area (Å²) in [5.41, 5.74) is -0.196. The van der Waals surface area contributed by atoms with Gasteiger partial charge in [-0.3, -0.25) is 9.59 Å². The number of rotatable bonds is 6. The summed E-state index contributed by atoms with van der Waals surface area (Å²) in [6.07, 6.45) is 8.02. The van der Waals surface area contributed by atoms with Gasteiger partial charge in [-0.1, -0.05) is 0 Å². The molecule has 0 heterocycles. The van der Waals surface area contributed by atoms with Crippen LogP contribution in [0.5, 0.6) is 0 Å². The molecule has 5 heteroatoms. The van der Waals surface area contributed by atoms with Gasteiger partial charge in [0, 0.05) is 16.9 Å². The van der Waals surface area contributed by atoms with E-state index in [4.69, 9.17) is 5.11 Å². The highest BCUT2D eigenvalue weighted by molar-refractivity contribution is 7.98. The number of thioether (sulfide) groups is 2. The van der Waals surface area contributed by atoms with Crippen LogP contribution >= 0.6 is 23.5 Å². The van der Waals surface area contributed by atoms with Crippen molar-refractivity contribution in [1.29, 1.82) is 0 Å². The first-order chi connectivity index (χ1) is 8.42. The molecule has 2 saturated carbocycles. The van der Waals surface area contributed by atoms with Crippen molar-refractivity contribution in [2.75, 3.05) is 24.0 Å². The fourth-order valence-electron chi connectivity index (χ4n) is 1.87. The van der Waals surface area contributed by atoms with E-state index in [0.29, 0.717) is 5.78 Å². The second kappa shape index (κ2) is 6.33. The zero-order valence-corrected chi connectivity index (χ0v) is 13.0. The molecule has 3 nitrogen and oxygen atoms in total. The van der Waals surface area contributed by atoms with E-state index in [-0.39, 0.29) is 10.8 Å². The van der Waals surface area contributed by atoms with Crippen LogP contribution in [0.3, 0.4) is 0 Å². The summed E-state index contributed by atoms with van der Waals surface area (Å²) in [4.78, 5) is 21.4. The molecule has 0 aromatic carbocycles. The molecule has 2 fully saturated rings. The van der Waals surface area contributed by atoms with Crippen molar-refractivity contribution in [3.05, 3.63) is 0 Å². The smallest absolute Gasteiger partial charge is 0.310 e. The molecule has 0 radical (unpaired) electrons. The highest BCUT2D eigenvalue weighted by Gasteiger charge is 2.49. The van der Waals surface area contributed by atoms with Crippen molar-refractivity contribution in [2.45, 2.75) is 32.6 Å². The zero-order chi connectivity index (χ0) is 13.8. The number of carbonyl (C=O) groups excluding carboxylic acids is 1. The van der Waals surface area contributed by atoms with Crippen LogP contribution in [0.15, 0.2) is 0 Å². The summed E-state index contributed by atoms with van der Waals surface area (Å²) in [6.45, 7) is 1.71. The van der Waals surface area contributed by atoms with E-state index in [1.807, 2.05) is 6.26 Å². The van der Waals surface area contributed by atoms with Crippen molar-refractivity contribution in [3.63, 3.8) is 0 Å². The van der Waals surface area contributed by atoms with Crippen molar-refractivity contribution in [3.8, 4) is 0 Å². The number of ketones is 1. The molecule has 0 aliphatic heterocycles. The average Bonchev–Trinajstić information content (AvgIpc) is 3.14. The third-order valence-electron chi connectivity index (χ3n) is 3.75. The summed E-state index contributed by atoms with van der Waals surface area (Å²) in [5.74, 6) is 1.58. The standard InChI is InChI=1S/C7H12OS.C6H10O2S/c1-6(8)7(3-4-7)5-9-2;1-9-4-6(2-3-6)5(7)8/h3-5H2,1-2H3;2-4H2,1H3,(H,7,8). The van der Waals surface area contributed by atoms with E-state index in [1.54, 1.807) is 30.4 Å². The molecule has 2 rings (SSSR count). The van der Waals surface area contributed by atoms with E-state index in [2.05, 4.69) is 6.26 Å². The van der Waals surface area contributed by atoms with Crippen molar-refractivity contribution in [2.24, 2.45) is 10.8 Å². The molecule has 0 atom stereocenters. The molecular formula is C13H22O3S2. The Hall–Kier alpha value is -0.160. The van der Waals surface area contributed by atoms with Crippen molar-refractivity contribution < 1.29 is 14.7 Å². The van der Waals surface area contributed by atoms with E-state index in [9.17, 15) is 9.59 Å². The summed E-state index contributed by atoms with van der Waals surface area (Å²) in [7, 11) is 0. The average molecular weight is 290 g/mol. The molecule has 0 unspecified atom stereocenters. The Kier molecular flexibility index (Phi) is 5.59. The fourth-order valence-corrected chi connectivity index (χ4v) is 3.88. The van der Waals surface area contributed by atoms with Gasteiger partial charge in [-0.25, -0.2) is 0 Å². The first-order valence-electron chi connectivity index (χ1n) is 6.15. The lowest BCUT2D eigenvalue weighted by atomic mass is 10.1. The lowest BCUT2D eigenvalue weighted by Gasteiger charge is -2.06. The molecule has 2 aliphatic rings.